The van der Waals surface area contributed by atoms with E-state index in [0.29, 0.717) is 27.1 Å². The van der Waals surface area contributed by atoms with Crippen LogP contribution in [0.4, 0.5) is 5.69 Å². The number of carbonyl (C=O) groups excluding carboxylic acids is 2. The average molecular weight is 649 g/mol. The fraction of sp³-hybridized carbons (Fsp3) is 0.355. The van der Waals surface area contributed by atoms with Crippen molar-refractivity contribution in [3.63, 3.8) is 0 Å². The monoisotopic (exact) mass is 647 g/mol. The van der Waals surface area contributed by atoms with Crippen LogP contribution in [-0.2, 0) is 32.6 Å². The molecule has 0 spiro atoms. The smallest absolute Gasteiger partial charge is 0.244 e. The lowest BCUT2D eigenvalue weighted by molar-refractivity contribution is -0.140. The number of benzene rings is 3. The Morgan fingerprint density at radius 1 is 0.930 bits per heavy atom. The second-order valence-electron chi connectivity index (χ2n) is 11.2. The first-order chi connectivity index (χ1) is 20.3. The number of fused-ring (bicyclic) bond motifs is 1. The molecule has 3 aromatic carbocycles. The Morgan fingerprint density at radius 2 is 1.63 bits per heavy atom. The molecule has 3 aromatic rings. The molecular weight excluding hydrogens is 613 g/mol. The molecular formula is C31H35Cl2N3O6S. The number of amides is 2. The summed E-state index contributed by atoms with van der Waals surface area (Å²) in [5, 5.41) is 3.63. The van der Waals surface area contributed by atoms with Gasteiger partial charge in [-0.3, -0.25) is 13.9 Å². The van der Waals surface area contributed by atoms with Gasteiger partial charge in [0.25, 0.3) is 0 Å². The fourth-order valence-corrected chi connectivity index (χ4v) is 5.98. The number of rotatable bonds is 11. The van der Waals surface area contributed by atoms with Crippen molar-refractivity contribution in [1.29, 1.82) is 0 Å². The number of sulfonamides is 1. The number of anilines is 1. The highest BCUT2D eigenvalue weighted by Gasteiger charge is 2.35. The number of nitrogens with one attached hydrogen (secondary N) is 1. The lowest BCUT2D eigenvalue weighted by Crippen LogP contribution is -2.56. The van der Waals surface area contributed by atoms with Crippen molar-refractivity contribution in [1.82, 2.24) is 10.2 Å². The van der Waals surface area contributed by atoms with Crippen LogP contribution >= 0.6 is 23.2 Å². The van der Waals surface area contributed by atoms with E-state index in [-0.39, 0.29) is 37.1 Å². The number of halogens is 2. The number of carbonyl (C=O) groups is 2. The third-order valence-electron chi connectivity index (χ3n) is 6.73. The normalized spacial score (nSPS) is 13.3. The standard InChI is InChI=1S/C31H35Cl2N3O6S/c1-5-43(39,40)36(23-12-14-27-28(17-23)42-20-41-27)19-29(37)35(18-22-11-13-24(32)25(33)15-22)26(30(38)34-31(2,3)4)16-21-9-7-6-8-10-21/h6-15,17,26H,5,16,18-20H2,1-4H3,(H,34,38). The molecule has 1 N–H and O–H groups in total. The van der Waals surface area contributed by atoms with E-state index in [0.717, 1.165) is 9.87 Å². The van der Waals surface area contributed by atoms with Gasteiger partial charge in [0, 0.05) is 24.6 Å². The molecule has 1 unspecified atom stereocenters. The van der Waals surface area contributed by atoms with Gasteiger partial charge in [0.1, 0.15) is 12.6 Å². The van der Waals surface area contributed by atoms with Gasteiger partial charge < -0.3 is 19.7 Å². The Balaban J connectivity index is 1.77. The number of hydrogen-bond donors (Lipinski definition) is 1. The second kappa shape index (κ2) is 13.4. The minimum atomic E-state index is -3.93. The lowest BCUT2D eigenvalue weighted by Gasteiger charge is -2.35. The van der Waals surface area contributed by atoms with Crippen molar-refractivity contribution in [2.45, 2.75) is 52.2 Å². The summed E-state index contributed by atoms with van der Waals surface area (Å²) >= 11 is 12.4. The molecule has 4 rings (SSSR count). The summed E-state index contributed by atoms with van der Waals surface area (Å²) < 4.78 is 38.6. The van der Waals surface area contributed by atoms with Gasteiger partial charge in [-0.05, 0) is 63.1 Å². The Kier molecular flexibility index (Phi) is 10.1. The van der Waals surface area contributed by atoms with E-state index in [2.05, 4.69) is 5.32 Å². The first kappa shape index (κ1) is 32.4. The third kappa shape index (κ3) is 8.34. The minimum absolute atomic E-state index is 0.0136. The van der Waals surface area contributed by atoms with Crippen LogP contribution in [0.2, 0.25) is 10.0 Å². The summed E-state index contributed by atoms with van der Waals surface area (Å²) in [6, 6.07) is 18.0. The van der Waals surface area contributed by atoms with Crippen LogP contribution in [-0.4, -0.2) is 55.8 Å². The maximum absolute atomic E-state index is 14.3. The van der Waals surface area contributed by atoms with E-state index >= 15 is 0 Å². The van der Waals surface area contributed by atoms with E-state index in [1.54, 1.807) is 30.3 Å². The Bertz CT molecular complexity index is 1580. The van der Waals surface area contributed by atoms with Gasteiger partial charge >= 0.3 is 0 Å². The highest BCUT2D eigenvalue weighted by atomic mass is 35.5. The molecule has 12 heteroatoms. The van der Waals surface area contributed by atoms with Crippen LogP contribution in [0.1, 0.15) is 38.8 Å². The first-order valence-electron chi connectivity index (χ1n) is 13.8. The molecule has 0 saturated heterocycles. The highest BCUT2D eigenvalue weighted by molar-refractivity contribution is 7.92. The molecule has 1 aliphatic heterocycles. The maximum atomic E-state index is 14.3. The van der Waals surface area contributed by atoms with Gasteiger partial charge in [0.2, 0.25) is 28.6 Å². The van der Waals surface area contributed by atoms with E-state index in [1.807, 2.05) is 51.1 Å². The van der Waals surface area contributed by atoms with Gasteiger partial charge in [-0.1, -0.05) is 59.6 Å². The van der Waals surface area contributed by atoms with Gasteiger partial charge in [-0.15, -0.1) is 0 Å². The van der Waals surface area contributed by atoms with Gasteiger partial charge in [-0.2, -0.15) is 0 Å². The first-order valence-corrected chi connectivity index (χ1v) is 16.1. The van der Waals surface area contributed by atoms with E-state index < -0.39 is 34.1 Å². The number of nitrogens with zero attached hydrogens (tertiary/aromatic N) is 2. The molecule has 1 atom stereocenters. The van der Waals surface area contributed by atoms with Crippen LogP contribution < -0.4 is 19.1 Å². The summed E-state index contributed by atoms with van der Waals surface area (Å²) in [6.07, 6.45) is 0.195. The molecule has 230 valence electrons. The Morgan fingerprint density at radius 3 is 2.28 bits per heavy atom. The quantitative estimate of drug-likeness (QED) is 0.297. The summed E-state index contributed by atoms with van der Waals surface area (Å²) in [4.78, 5) is 29.6. The summed E-state index contributed by atoms with van der Waals surface area (Å²) in [6.45, 7) is 6.50. The molecule has 1 heterocycles. The molecule has 0 fully saturated rings. The zero-order valence-corrected chi connectivity index (χ0v) is 26.8. The number of hydrogen-bond acceptors (Lipinski definition) is 6. The van der Waals surface area contributed by atoms with Crippen molar-refractivity contribution in [2.24, 2.45) is 0 Å². The zero-order chi connectivity index (χ0) is 31.4. The van der Waals surface area contributed by atoms with Crippen LogP contribution in [0.15, 0.2) is 66.7 Å². The molecule has 0 radical (unpaired) electrons. The summed E-state index contributed by atoms with van der Waals surface area (Å²) in [5.41, 5.74) is 1.11. The molecule has 2 amide bonds. The molecule has 43 heavy (non-hydrogen) atoms. The van der Waals surface area contributed by atoms with Crippen LogP contribution in [0.5, 0.6) is 11.5 Å². The van der Waals surface area contributed by atoms with Gasteiger partial charge in [0.05, 0.1) is 21.5 Å². The predicted molar refractivity (Wildman–Crippen MR) is 168 cm³/mol. The predicted octanol–water partition coefficient (Wildman–Crippen LogP) is 5.43. The van der Waals surface area contributed by atoms with Crippen molar-refractivity contribution in [2.75, 3.05) is 23.4 Å². The number of ether oxygens (including phenoxy) is 2. The van der Waals surface area contributed by atoms with Crippen molar-refractivity contribution in [3.05, 3.63) is 87.9 Å². The molecule has 0 aliphatic carbocycles. The van der Waals surface area contributed by atoms with Crippen molar-refractivity contribution < 1.29 is 27.5 Å². The van der Waals surface area contributed by atoms with E-state index in [1.165, 1.54) is 17.9 Å². The van der Waals surface area contributed by atoms with E-state index in [9.17, 15) is 18.0 Å². The summed E-state index contributed by atoms with van der Waals surface area (Å²) in [5.74, 6) is -0.352. The van der Waals surface area contributed by atoms with Crippen molar-refractivity contribution in [3.8, 4) is 11.5 Å². The van der Waals surface area contributed by atoms with Gasteiger partial charge in [0.15, 0.2) is 11.5 Å². The van der Waals surface area contributed by atoms with Crippen LogP contribution in [0.3, 0.4) is 0 Å². The third-order valence-corrected chi connectivity index (χ3v) is 9.21. The van der Waals surface area contributed by atoms with Crippen LogP contribution in [0, 0.1) is 0 Å². The lowest BCUT2D eigenvalue weighted by atomic mass is 10.0. The SMILES string of the molecule is CCS(=O)(=O)N(CC(=O)N(Cc1ccc(Cl)c(Cl)c1)C(Cc1ccccc1)C(=O)NC(C)(C)C)c1ccc2c(c1)OCO2. The summed E-state index contributed by atoms with van der Waals surface area (Å²) in [7, 11) is -3.93. The molecule has 9 nitrogen and oxygen atoms in total. The Labute approximate surface area is 262 Å². The fourth-order valence-electron chi connectivity index (χ4n) is 4.60. The molecule has 1 aliphatic rings. The van der Waals surface area contributed by atoms with E-state index in [4.69, 9.17) is 32.7 Å². The van der Waals surface area contributed by atoms with Crippen LogP contribution in [0.25, 0.3) is 0 Å². The van der Waals surface area contributed by atoms with Crippen molar-refractivity contribution >= 4 is 50.7 Å². The Hall–Kier alpha value is -3.47. The maximum Gasteiger partial charge on any atom is 0.244 e. The zero-order valence-electron chi connectivity index (χ0n) is 24.5. The molecule has 0 saturated carbocycles. The molecule has 0 bridgehead atoms. The largest absolute Gasteiger partial charge is 0.454 e. The topological polar surface area (TPSA) is 105 Å². The average Bonchev–Trinajstić information content (AvgIpc) is 3.43. The minimum Gasteiger partial charge on any atom is -0.454 e. The van der Waals surface area contributed by atoms with Gasteiger partial charge in [-0.25, -0.2) is 8.42 Å². The second-order valence-corrected chi connectivity index (χ2v) is 14.2. The highest BCUT2D eigenvalue weighted by Crippen LogP contribution is 2.36. The molecule has 0 aromatic heterocycles.